The van der Waals surface area contributed by atoms with Crippen molar-refractivity contribution in [1.82, 2.24) is 10.2 Å². The summed E-state index contributed by atoms with van der Waals surface area (Å²) in [5, 5.41) is 8.05. The Bertz CT molecular complexity index is 343. The van der Waals surface area contributed by atoms with E-state index in [0.717, 1.165) is 18.9 Å². The van der Waals surface area contributed by atoms with E-state index in [4.69, 9.17) is 5.73 Å². The van der Waals surface area contributed by atoms with Gasteiger partial charge in [-0.05, 0) is 36.8 Å². The highest BCUT2D eigenvalue weighted by atomic mass is 15.3. The summed E-state index contributed by atoms with van der Waals surface area (Å²) in [5.41, 5.74) is 6.01. The molecular weight excluding hydrogens is 200 g/mol. The average Bonchev–Trinajstić information content (AvgIpc) is 2.75. The van der Waals surface area contributed by atoms with Gasteiger partial charge in [0, 0.05) is 13.1 Å². The molecule has 0 aliphatic carbocycles. The van der Waals surface area contributed by atoms with E-state index in [1.165, 1.54) is 19.3 Å². The first-order chi connectivity index (χ1) is 7.69. The molecule has 88 valence electrons. The number of anilines is 2. The second-order valence-corrected chi connectivity index (χ2v) is 4.70. The van der Waals surface area contributed by atoms with Crippen LogP contribution >= 0.6 is 0 Å². The van der Waals surface area contributed by atoms with Gasteiger partial charge in [-0.1, -0.05) is 13.8 Å². The van der Waals surface area contributed by atoms with Gasteiger partial charge in [0.1, 0.15) is 5.82 Å². The number of aromatic nitrogens is 2. The lowest BCUT2D eigenvalue weighted by Gasteiger charge is -2.26. The first-order valence-corrected chi connectivity index (χ1v) is 6.03. The maximum absolute atomic E-state index is 5.54. The first kappa shape index (κ1) is 11.2. The van der Waals surface area contributed by atoms with Crippen molar-refractivity contribution in [3.8, 4) is 0 Å². The topological polar surface area (TPSA) is 55.0 Å². The van der Waals surface area contributed by atoms with Crippen molar-refractivity contribution >= 4 is 11.6 Å². The molecule has 0 spiro atoms. The lowest BCUT2D eigenvalue weighted by atomic mass is 9.82. The van der Waals surface area contributed by atoms with Crippen molar-refractivity contribution in [2.75, 3.05) is 23.7 Å². The molecule has 0 saturated carbocycles. The SMILES string of the molecule is CCC1(CC)CCN(c2ccc(N)nn2)C1. The van der Waals surface area contributed by atoms with Gasteiger partial charge in [0.15, 0.2) is 5.82 Å². The first-order valence-electron chi connectivity index (χ1n) is 6.03. The van der Waals surface area contributed by atoms with Gasteiger partial charge >= 0.3 is 0 Å². The molecule has 1 saturated heterocycles. The molecule has 0 unspecified atom stereocenters. The molecule has 1 aliphatic heterocycles. The Labute approximate surface area is 96.9 Å². The quantitative estimate of drug-likeness (QED) is 0.847. The van der Waals surface area contributed by atoms with E-state index in [1.807, 2.05) is 12.1 Å². The van der Waals surface area contributed by atoms with Crippen molar-refractivity contribution < 1.29 is 0 Å². The standard InChI is InChI=1S/C12H20N4/c1-3-12(4-2)7-8-16(9-12)11-6-5-10(13)14-15-11/h5-6H,3-4,7-9H2,1-2H3,(H2,13,14). The zero-order chi connectivity index (χ0) is 11.6. The number of nitrogens with zero attached hydrogens (tertiary/aromatic N) is 3. The third kappa shape index (κ3) is 1.96. The van der Waals surface area contributed by atoms with E-state index in [0.29, 0.717) is 11.2 Å². The summed E-state index contributed by atoms with van der Waals surface area (Å²) >= 11 is 0. The van der Waals surface area contributed by atoms with E-state index in [9.17, 15) is 0 Å². The van der Waals surface area contributed by atoms with Gasteiger partial charge in [0.05, 0.1) is 0 Å². The summed E-state index contributed by atoms with van der Waals surface area (Å²) in [6.07, 6.45) is 3.73. The monoisotopic (exact) mass is 220 g/mol. The lowest BCUT2D eigenvalue weighted by Crippen LogP contribution is -2.26. The van der Waals surface area contributed by atoms with Crippen molar-refractivity contribution in [3.05, 3.63) is 12.1 Å². The molecule has 0 aromatic carbocycles. The molecule has 1 fully saturated rings. The van der Waals surface area contributed by atoms with Crippen LogP contribution < -0.4 is 10.6 Å². The maximum Gasteiger partial charge on any atom is 0.151 e. The third-order valence-electron chi connectivity index (χ3n) is 3.93. The molecule has 4 heteroatoms. The Balaban J connectivity index is 2.11. The molecule has 2 N–H and O–H groups in total. The van der Waals surface area contributed by atoms with Crippen LogP contribution in [0.1, 0.15) is 33.1 Å². The fourth-order valence-electron chi connectivity index (χ4n) is 2.46. The smallest absolute Gasteiger partial charge is 0.151 e. The van der Waals surface area contributed by atoms with E-state index in [2.05, 4.69) is 28.9 Å². The van der Waals surface area contributed by atoms with E-state index in [-0.39, 0.29) is 0 Å². The largest absolute Gasteiger partial charge is 0.382 e. The highest BCUT2D eigenvalue weighted by Crippen LogP contribution is 2.38. The number of nitrogen functional groups attached to an aromatic ring is 1. The minimum atomic E-state index is 0.475. The number of nitrogens with two attached hydrogens (primary N) is 1. The molecule has 2 heterocycles. The Kier molecular flexibility index (Phi) is 2.99. The van der Waals surface area contributed by atoms with Crippen LogP contribution in [0.4, 0.5) is 11.6 Å². The maximum atomic E-state index is 5.54. The Morgan fingerprint density at radius 2 is 2.06 bits per heavy atom. The molecule has 1 aromatic rings. The van der Waals surface area contributed by atoms with Crippen LogP contribution in [-0.4, -0.2) is 23.3 Å². The molecule has 1 aromatic heterocycles. The van der Waals surface area contributed by atoms with Crippen molar-refractivity contribution in [2.45, 2.75) is 33.1 Å². The predicted molar refractivity (Wildman–Crippen MR) is 66.3 cm³/mol. The second-order valence-electron chi connectivity index (χ2n) is 4.70. The normalized spacial score (nSPS) is 19.0. The second kappa shape index (κ2) is 4.28. The summed E-state index contributed by atoms with van der Waals surface area (Å²) in [5.74, 6) is 1.44. The molecular formula is C12H20N4. The zero-order valence-electron chi connectivity index (χ0n) is 10.1. The lowest BCUT2D eigenvalue weighted by molar-refractivity contribution is 0.301. The van der Waals surface area contributed by atoms with Gasteiger partial charge in [-0.3, -0.25) is 0 Å². The third-order valence-corrected chi connectivity index (χ3v) is 3.93. The molecule has 0 bridgehead atoms. The van der Waals surface area contributed by atoms with E-state index < -0.39 is 0 Å². The molecule has 0 amide bonds. The molecule has 0 radical (unpaired) electrons. The molecule has 2 rings (SSSR count). The van der Waals surface area contributed by atoms with E-state index >= 15 is 0 Å². The molecule has 16 heavy (non-hydrogen) atoms. The molecule has 4 nitrogen and oxygen atoms in total. The highest BCUT2D eigenvalue weighted by Gasteiger charge is 2.35. The van der Waals surface area contributed by atoms with Crippen LogP contribution in [0, 0.1) is 5.41 Å². The van der Waals surface area contributed by atoms with Crippen molar-refractivity contribution in [1.29, 1.82) is 0 Å². The minimum absolute atomic E-state index is 0.475. The molecule has 1 aliphatic rings. The number of hydrogen-bond acceptors (Lipinski definition) is 4. The van der Waals surface area contributed by atoms with Crippen LogP contribution in [-0.2, 0) is 0 Å². The van der Waals surface area contributed by atoms with Crippen LogP contribution in [0.5, 0.6) is 0 Å². The summed E-state index contributed by atoms with van der Waals surface area (Å²) in [4.78, 5) is 2.32. The van der Waals surface area contributed by atoms with Crippen LogP contribution in [0.2, 0.25) is 0 Å². The highest BCUT2D eigenvalue weighted by molar-refractivity contribution is 5.42. The molecule has 0 atom stereocenters. The Morgan fingerprint density at radius 1 is 1.31 bits per heavy atom. The van der Waals surface area contributed by atoms with Gasteiger partial charge in [0.2, 0.25) is 0 Å². The van der Waals surface area contributed by atoms with Gasteiger partial charge < -0.3 is 10.6 Å². The number of hydrogen-bond donors (Lipinski definition) is 1. The average molecular weight is 220 g/mol. The summed E-state index contributed by atoms with van der Waals surface area (Å²) in [6, 6.07) is 3.78. The van der Waals surface area contributed by atoms with Crippen molar-refractivity contribution in [3.63, 3.8) is 0 Å². The Morgan fingerprint density at radius 3 is 2.56 bits per heavy atom. The van der Waals surface area contributed by atoms with Gasteiger partial charge in [0.25, 0.3) is 0 Å². The Hall–Kier alpha value is -1.32. The number of rotatable bonds is 3. The summed E-state index contributed by atoms with van der Waals surface area (Å²) in [7, 11) is 0. The summed E-state index contributed by atoms with van der Waals surface area (Å²) < 4.78 is 0. The van der Waals surface area contributed by atoms with Crippen LogP contribution in [0.15, 0.2) is 12.1 Å². The minimum Gasteiger partial charge on any atom is -0.382 e. The van der Waals surface area contributed by atoms with Gasteiger partial charge in [-0.2, -0.15) is 0 Å². The van der Waals surface area contributed by atoms with Crippen molar-refractivity contribution in [2.24, 2.45) is 5.41 Å². The van der Waals surface area contributed by atoms with Crippen LogP contribution in [0.3, 0.4) is 0 Å². The fourth-order valence-corrected chi connectivity index (χ4v) is 2.46. The fraction of sp³-hybridized carbons (Fsp3) is 0.667. The van der Waals surface area contributed by atoms with E-state index in [1.54, 1.807) is 0 Å². The van der Waals surface area contributed by atoms with Gasteiger partial charge in [-0.15, -0.1) is 10.2 Å². The van der Waals surface area contributed by atoms with Crippen LogP contribution in [0.25, 0.3) is 0 Å². The van der Waals surface area contributed by atoms with Gasteiger partial charge in [-0.25, -0.2) is 0 Å². The zero-order valence-corrected chi connectivity index (χ0v) is 10.1. The summed E-state index contributed by atoms with van der Waals surface area (Å²) in [6.45, 7) is 6.74. The predicted octanol–water partition coefficient (Wildman–Crippen LogP) is 2.08.